The Balaban J connectivity index is 1.52. The quantitative estimate of drug-likeness (QED) is 0.789. The van der Waals surface area contributed by atoms with Crippen LogP contribution in [0.1, 0.15) is 25.5 Å². The Kier molecular flexibility index (Phi) is 6.82. The van der Waals surface area contributed by atoms with E-state index in [0.29, 0.717) is 0 Å². The lowest BCUT2D eigenvalue weighted by atomic mass is 10.1. The number of nitrogens with two attached hydrogens (primary N) is 1. The summed E-state index contributed by atoms with van der Waals surface area (Å²) in [6, 6.07) is 7.62. The Labute approximate surface area is 164 Å². The lowest BCUT2D eigenvalue weighted by Gasteiger charge is -2.35. The van der Waals surface area contributed by atoms with Gasteiger partial charge in [-0.3, -0.25) is 9.69 Å². The molecule has 0 spiro atoms. The number of piperazine rings is 1. The molecule has 3 rings (SSSR count). The van der Waals surface area contributed by atoms with E-state index in [-0.39, 0.29) is 11.9 Å². The fraction of sp³-hybridized carbons (Fsp3) is 0.500. The molecule has 1 aromatic heterocycles. The average Bonchev–Trinajstić information content (AvgIpc) is 3.17. The highest BCUT2D eigenvalue weighted by molar-refractivity contribution is 7.13. The highest BCUT2D eigenvalue weighted by Gasteiger charge is 2.25. The number of aromatic nitrogens is 1. The molecular formula is C20H28N4O2S. The summed E-state index contributed by atoms with van der Waals surface area (Å²) in [6.07, 6.45) is 1.69. The standard InChI is InChI=1S/C20H28N4O2S/c1-3-4-18(21)20(25)24-11-9-23(10-12-24)13-16-14-27-19(22-16)15-5-7-17(26-2)8-6-15/h5-8,14,18H,3-4,9-13,21H2,1-2H3. The van der Waals surface area contributed by atoms with Gasteiger partial charge in [0.1, 0.15) is 10.8 Å². The largest absolute Gasteiger partial charge is 0.497 e. The van der Waals surface area contributed by atoms with E-state index in [1.807, 2.05) is 29.2 Å². The van der Waals surface area contributed by atoms with Crippen molar-refractivity contribution >= 4 is 17.2 Å². The number of rotatable bonds is 7. The molecule has 0 bridgehead atoms. The molecule has 146 valence electrons. The van der Waals surface area contributed by atoms with Crippen molar-refractivity contribution in [2.75, 3.05) is 33.3 Å². The molecule has 1 saturated heterocycles. The SMILES string of the molecule is CCCC(N)C(=O)N1CCN(Cc2csc(-c3ccc(OC)cc3)n2)CC1. The van der Waals surface area contributed by atoms with E-state index in [4.69, 9.17) is 15.5 Å². The van der Waals surface area contributed by atoms with Crippen molar-refractivity contribution in [1.29, 1.82) is 0 Å². The number of hydrogen-bond donors (Lipinski definition) is 1. The Morgan fingerprint density at radius 1 is 1.26 bits per heavy atom. The number of thiazole rings is 1. The minimum absolute atomic E-state index is 0.0898. The van der Waals surface area contributed by atoms with Crippen molar-refractivity contribution in [1.82, 2.24) is 14.8 Å². The second-order valence-corrected chi connectivity index (χ2v) is 7.73. The average molecular weight is 389 g/mol. The van der Waals surface area contributed by atoms with Gasteiger partial charge in [0.15, 0.2) is 0 Å². The van der Waals surface area contributed by atoms with Gasteiger partial charge in [0.2, 0.25) is 5.91 Å². The molecule has 27 heavy (non-hydrogen) atoms. The van der Waals surface area contributed by atoms with Crippen LogP contribution in [0.15, 0.2) is 29.6 Å². The molecule has 0 aliphatic carbocycles. The van der Waals surface area contributed by atoms with Crippen molar-refractivity contribution in [2.45, 2.75) is 32.4 Å². The molecule has 1 unspecified atom stereocenters. The molecule has 0 radical (unpaired) electrons. The number of benzene rings is 1. The second kappa shape index (κ2) is 9.30. The van der Waals surface area contributed by atoms with Gasteiger partial charge in [-0.2, -0.15) is 0 Å². The van der Waals surface area contributed by atoms with Crippen LogP contribution >= 0.6 is 11.3 Å². The first-order chi connectivity index (χ1) is 13.1. The van der Waals surface area contributed by atoms with Gasteiger partial charge in [-0.25, -0.2) is 4.98 Å². The number of amides is 1. The predicted molar refractivity (Wildman–Crippen MR) is 109 cm³/mol. The van der Waals surface area contributed by atoms with Gasteiger partial charge in [-0.1, -0.05) is 13.3 Å². The minimum Gasteiger partial charge on any atom is -0.497 e. The number of nitrogens with zero attached hydrogens (tertiary/aromatic N) is 3. The molecule has 6 nitrogen and oxygen atoms in total. The molecule has 1 aromatic carbocycles. The van der Waals surface area contributed by atoms with E-state index in [2.05, 4.69) is 17.2 Å². The molecule has 1 fully saturated rings. The second-order valence-electron chi connectivity index (χ2n) is 6.87. The number of hydrogen-bond acceptors (Lipinski definition) is 6. The van der Waals surface area contributed by atoms with Crippen molar-refractivity contribution in [3.63, 3.8) is 0 Å². The molecule has 2 aromatic rings. The summed E-state index contributed by atoms with van der Waals surface area (Å²) in [7, 11) is 1.67. The van der Waals surface area contributed by atoms with Crippen molar-refractivity contribution in [3.05, 3.63) is 35.3 Å². The zero-order valence-electron chi connectivity index (χ0n) is 16.1. The molecule has 1 aliphatic heterocycles. The first-order valence-corrected chi connectivity index (χ1v) is 10.3. The van der Waals surface area contributed by atoms with Crippen LogP contribution in [0.5, 0.6) is 5.75 Å². The maximum atomic E-state index is 12.3. The first-order valence-electron chi connectivity index (χ1n) is 9.46. The van der Waals surface area contributed by atoms with E-state index in [1.165, 1.54) is 0 Å². The van der Waals surface area contributed by atoms with Gasteiger partial charge in [0.25, 0.3) is 0 Å². The molecule has 0 saturated carbocycles. The fourth-order valence-electron chi connectivity index (χ4n) is 3.27. The zero-order chi connectivity index (χ0) is 19.2. The van der Waals surface area contributed by atoms with E-state index in [1.54, 1.807) is 18.4 Å². The maximum absolute atomic E-state index is 12.3. The van der Waals surface area contributed by atoms with E-state index in [0.717, 1.165) is 67.6 Å². The highest BCUT2D eigenvalue weighted by Crippen LogP contribution is 2.26. The lowest BCUT2D eigenvalue weighted by Crippen LogP contribution is -2.52. The number of methoxy groups -OCH3 is 1. The van der Waals surface area contributed by atoms with Crippen LogP contribution < -0.4 is 10.5 Å². The summed E-state index contributed by atoms with van der Waals surface area (Å²) in [5.74, 6) is 0.938. The Morgan fingerprint density at radius 2 is 1.96 bits per heavy atom. The molecule has 1 atom stereocenters. The van der Waals surface area contributed by atoms with Crippen LogP contribution in [-0.2, 0) is 11.3 Å². The van der Waals surface area contributed by atoms with Crippen molar-refractivity contribution in [2.24, 2.45) is 5.73 Å². The number of carbonyl (C=O) groups is 1. The van der Waals surface area contributed by atoms with Gasteiger partial charge in [0, 0.05) is 43.7 Å². The number of ether oxygens (including phenoxy) is 1. The maximum Gasteiger partial charge on any atom is 0.239 e. The van der Waals surface area contributed by atoms with Crippen LogP contribution in [0, 0.1) is 0 Å². The van der Waals surface area contributed by atoms with Crippen LogP contribution in [0.2, 0.25) is 0 Å². The molecule has 7 heteroatoms. The van der Waals surface area contributed by atoms with Gasteiger partial charge in [-0.05, 0) is 30.7 Å². The van der Waals surface area contributed by atoms with E-state index < -0.39 is 0 Å². The lowest BCUT2D eigenvalue weighted by molar-refractivity contribution is -0.134. The fourth-order valence-corrected chi connectivity index (χ4v) is 4.09. The topological polar surface area (TPSA) is 71.7 Å². The van der Waals surface area contributed by atoms with Crippen LogP contribution in [0.3, 0.4) is 0 Å². The molecule has 2 N–H and O–H groups in total. The van der Waals surface area contributed by atoms with Crippen molar-refractivity contribution in [3.8, 4) is 16.3 Å². The number of carbonyl (C=O) groups excluding carboxylic acids is 1. The normalized spacial score (nSPS) is 16.3. The van der Waals surface area contributed by atoms with Gasteiger partial charge >= 0.3 is 0 Å². The molecule has 2 heterocycles. The Bertz CT molecular complexity index is 739. The summed E-state index contributed by atoms with van der Waals surface area (Å²) in [4.78, 5) is 21.3. The summed E-state index contributed by atoms with van der Waals surface area (Å²) in [6.45, 7) is 6.08. The van der Waals surface area contributed by atoms with E-state index in [9.17, 15) is 4.79 Å². The predicted octanol–water partition coefficient (Wildman–Crippen LogP) is 2.59. The monoisotopic (exact) mass is 388 g/mol. The highest BCUT2D eigenvalue weighted by atomic mass is 32.1. The summed E-state index contributed by atoms with van der Waals surface area (Å²) in [5, 5.41) is 3.14. The van der Waals surface area contributed by atoms with Crippen molar-refractivity contribution < 1.29 is 9.53 Å². The van der Waals surface area contributed by atoms with Gasteiger partial charge in [0.05, 0.1) is 18.8 Å². The van der Waals surface area contributed by atoms with Crippen LogP contribution in [0.25, 0.3) is 10.6 Å². The summed E-state index contributed by atoms with van der Waals surface area (Å²) >= 11 is 1.66. The Hall–Kier alpha value is -1.96. The Morgan fingerprint density at radius 3 is 2.59 bits per heavy atom. The minimum atomic E-state index is -0.354. The molecular weight excluding hydrogens is 360 g/mol. The van der Waals surface area contributed by atoms with Gasteiger partial charge in [-0.15, -0.1) is 11.3 Å². The molecule has 1 amide bonds. The third-order valence-corrected chi connectivity index (χ3v) is 5.82. The zero-order valence-corrected chi connectivity index (χ0v) is 16.9. The first kappa shape index (κ1) is 19.8. The summed E-state index contributed by atoms with van der Waals surface area (Å²) in [5.41, 5.74) is 8.15. The van der Waals surface area contributed by atoms with Gasteiger partial charge < -0.3 is 15.4 Å². The van der Waals surface area contributed by atoms with Crippen LogP contribution in [0.4, 0.5) is 0 Å². The molecule has 1 aliphatic rings. The third-order valence-electron chi connectivity index (χ3n) is 4.88. The van der Waals surface area contributed by atoms with E-state index >= 15 is 0 Å². The third kappa shape index (κ3) is 5.06. The van der Waals surface area contributed by atoms with Crippen LogP contribution in [-0.4, -0.2) is 60.0 Å². The summed E-state index contributed by atoms with van der Waals surface area (Å²) < 4.78 is 5.20. The smallest absolute Gasteiger partial charge is 0.239 e.